The Kier molecular flexibility index (Phi) is 5.13. The highest BCUT2D eigenvalue weighted by Gasteiger charge is 2.35. The van der Waals surface area contributed by atoms with Gasteiger partial charge in [-0.25, -0.2) is 4.79 Å². The lowest BCUT2D eigenvalue weighted by atomic mass is 9.99. The van der Waals surface area contributed by atoms with Crippen LogP contribution in [-0.2, 0) is 12.8 Å². The third kappa shape index (κ3) is 4.07. The minimum absolute atomic E-state index is 0.212. The molecule has 2 amide bonds. The summed E-state index contributed by atoms with van der Waals surface area (Å²) in [7, 11) is 0. The third-order valence-electron chi connectivity index (χ3n) is 5.28. The van der Waals surface area contributed by atoms with Crippen LogP contribution in [0.15, 0.2) is 84.9 Å². The summed E-state index contributed by atoms with van der Waals surface area (Å²) in [4.78, 5) is 12.6. The van der Waals surface area contributed by atoms with Crippen molar-refractivity contribution < 1.29 is 9.90 Å². The van der Waals surface area contributed by atoms with Crippen molar-refractivity contribution >= 4 is 6.03 Å². The summed E-state index contributed by atoms with van der Waals surface area (Å²) < 4.78 is 0. The Balaban J connectivity index is 1.43. The second kappa shape index (κ2) is 7.87. The Hall–Kier alpha value is -3.11. The minimum Gasteiger partial charge on any atom is -0.387 e. The zero-order valence-electron chi connectivity index (χ0n) is 15.6. The number of aliphatic hydroxyl groups is 1. The van der Waals surface area contributed by atoms with E-state index in [-0.39, 0.29) is 18.6 Å². The molecule has 0 saturated carbocycles. The maximum atomic E-state index is 12.6. The van der Waals surface area contributed by atoms with E-state index in [9.17, 15) is 9.90 Å². The number of carbonyl (C=O) groups excluding carboxylic acids is 1. The molecule has 0 aliphatic heterocycles. The van der Waals surface area contributed by atoms with Crippen LogP contribution in [0.4, 0.5) is 4.79 Å². The molecule has 142 valence electrons. The first-order valence-corrected chi connectivity index (χ1v) is 9.56. The first kappa shape index (κ1) is 18.3. The molecular weight excluding hydrogens is 348 g/mol. The van der Waals surface area contributed by atoms with Crippen LogP contribution in [0.2, 0.25) is 0 Å². The largest absolute Gasteiger partial charge is 0.387 e. The van der Waals surface area contributed by atoms with E-state index in [0.29, 0.717) is 12.8 Å². The molecule has 0 fully saturated rings. The van der Waals surface area contributed by atoms with E-state index in [1.807, 2.05) is 84.9 Å². The number of benzene rings is 3. The van der Waals surface area contributed by atoms with Gasteiger partial charge in [0.2, 0.25) is 0 Å². The Morgan fingerprint density at radius 2 is 1.29 bits per heavy atom. The van der Waals surface area contributed by atoms with Crippen molar-refractivity contribution in [3.8, 4) is 0 Å². The number of carbonyl (C=O) groups is 1. The average molecular weight is 372 g/mol. The monoisotopic (exact) mass is 372 g/mol. The van der Waals surface area contributed by atoms with Gasteiger partial charge >= 0.3 is 6.03 Å². The van der Waals surface area contributed by atoms with Crippen molar-refractivity contribution in [3.05, 3.63) is 107 Å². The molecule has 1 aliphatic rings. The summed E-state index contributed by atoms with van der Waals surface area (Å²) in [5, 5.41) is 16.8. The van der Waals surface area contributed by atoms with Gasteiger partial charge in [-0.1, -0.05) is 84.9 Å². The Morgan fingerprint density at radius 1 is 0.821 bits per heavy atom. The molecule has 0 heterocycles. The standard InChI is InChI=1S/C24H24N2O2/c27-23(25-17-24(28)15-20-13-7-8-14-21(20)16-24)26-22(18-9-3-1-4-10-18)19-11-5-2-6-12-19/h1-14,22,28H,15-17H2,(H2,25,26,27). The fourth-order valence-corrected chi connectivity index (χ4v) is 3.88. The van der Waals surface area contributed by atoms with Gasteiger partial charge in [-0.2, -0.15) is 0 Å². The molecule has 4 nitrogen and oxygen atoms in total. The lowest BCUT2D eigenvalue weighted by Crippen LogP contribution is -2.47. The van der Waals surface area contributed by atoms with Gasteiger partial charge in [-0.05, 0) is 22.3 Å². The van der Waals surface area contributed by atoms with Crippen molar-refractivity contribution in [2.75, 3.05) is 6.54 Å². The van der Waals surface area contributed by atoms with Gasteiger partial charge in [-0.15, -0.1) is 0 Å². The van der Waals surface area contributed by atoms with Crippen LogP contribution in [0.25, 0.3) is 0 Å². The number of urea groups is 1. The number of hydrogen-bond acceptors (Lipinski definition) is 2. The quantitative estimate of drug-likeness (QED) is 0.641. The molecule has 0 radical (unpaired) electrons. The van der Waals surface area contributed by atoms with Crippen molar-refractivity contribution in [1.82, 2.24) is 10.6 Å². The zero-order valence-corrected chi connectivity index (χ0v) is 15.6. The van der Waals surface area contributed by atoms with E-state index in [0.717, 1.165) is 22.3 Å². The first-order chi connectivity index (χ1) is 13.6. The molecule has 0 aromatic heterocycles. The fourth-order valence-electron chi connectivity index (χ4n) is 3.88. The second-order valence-electron chi connectivity index (χ2n) is 7.43. The molecule has 0 saturated heterocycles. The van der Waals surface area contributed by atoms with Gasteiger partial charge in [0.05, 0.1) is 11.6 Å². The van der Waals surface area contributed by atoms with E-state index in [1.165, 1.54) is 0 Å². The predicted molar refractivity (Wildman–Crippen MR) is 110 cm³/mol. The normalized spacial score (nSPS) is 14.5. The molecule has 3 aromatic carbocycles. The highest BCUT2D eigenvalue weighted by Crippen LogP contribution is 2.29. The van der Waals surface area contributed by atoms with Crippen LogP contribution in [-0.4, -0.2) is 23.3 Å². The predicted octanol–water partition coefficient (Wildman–Crippen LogP) is 3.61. The summed E-state index contributed by atoms with van der Waals surface area (Å²) in [6.45, 7) is 0.212. The van der Waals surface area contributed by atoms with Gasteiger partial charge in [0.15, 0.2) is 0 Å². The maximum absolute atomic E-state index is 12.6. The smallest absolute Gasteiger partial charge is 0.315 e. The molecule has 3 N–H and O–H groups in total. The molecule has 28 heavy (non-hydrogen) atoms. The highest BCUT2D eigenvalue weighted by molar-refractivity contribution is 5.75. The van der Waals surface area contributed by atoms with Crippen molar-refractivity contribution in [2.45, 2.75) is 24.5 Å². The van der Waals surface area contributed by atoms with Crippen LogP contribution in [0, 0.1) is 0 Å². The topological polar surface area (TPSA) is 61.4 Å². The number of fused-ring (bicyclic) bond motifs is 1. The van der Waals surface area contributed by atoms with Gasteiger partial charge < -0.3 is 15.7 Å². The number of rotatable bonds is 5. The third-order valence-corrected chi connectivity index (χ3v) is 5.28. The number of amides is 2. The highest BCUT2D eigenvalue weighted by atomic mass is 16.3. The van der Waals surface area contributed by atoms with Crippen LogP contribution in [0.1, 0.15) is 28.3 Å². The number of nitrogens with one attached hydrogen (secondary N) is 2. The van der Waals surface area contributed by atoms with Crippen LogP contribution in [0.3, 0.4) is 0 Å². The molecule has 4 rings (SSSR count). The van der Waals surface area contributed by atoms with E-state index in [2.05, 4.69) is 10.6 Å². The first-order valence-electron chi connectivity index (χ1n) is 9.56. The van der Waals surface area contributed by atoms with E-state index in [1.54, 1.807) is 0 Å². The lowest BCUT2D eigenvalue weighted by molar-refractivity contribution is 0.0535. The van der Waals surface area contributed by atoms with Crippen molar-refractivity contribution in [2.24, 2.45) is 0 Å². The summed E-state index contributed by atoms with van der Waals surface area (Å²) in [6, 6.07) is 27.2. The second-order valence-corrected chi connectivity index (χ2v) is 7.43. The van der Waals surface area contributed by atoms with Crippen LogP contribution < -0.4 is 10.6 Å². The molecule has 0 atom stereocenters. The SMILES string of the molecule is O=C(NCC1(O)Cc2ccccc2C1)NC(c1ccccc1)c1ccccc1. The summed E-state index contributed by atoms with van der Waals surface area (Å²) in [5.74, 6) is 0. The van der Waals surface area contributed by atoms with E-state index in [4.69, 9.17) is 0 Å². The average Bonchev–Trinajstić information content (AvgIpc) is 3.08. The molecule has 3 aromatic rings. The summed E-state index contributed by atoms with van der Waals surface area (Å²) >= 11 is 0. The lowest BCUT2D eigenvalue weighted by Gasteiger charge is -2.25. The molecule has 0 unspecified atom stereocenters. The minimum atomic E-state index is -0.935. The van der Waals surface area contributed by atoms with Crippen LogP contribution >= 0.6 is 0 Å². The molecular formula is C24H24N2O2. The zero-order chi connectivity index (χ0) is 19.4. The van der Waals surface area contributed by atoms with Crippen molar-refractivity contribution in [3.63, 3.8) is 0 Å². The summed E-state index contributed by atoms with van der Waals surface area (Å²) in [6.07, 6.45) is 1.12. The van der Waals surface area contributed by atoms with Crippen molar-refractivity contribution in [1.29, 1.82) is 0 Å². The molecule has 4 heteroatoms. The van der Waals surface area contributed by atoms with Gasteiger partial charge in [0.1, 0.15) is 0 Å². The fraction of sp³-hybridized carbons (Fsp3) is 0.208. The van der Waals surface area contributed by atoms with E-state index >= 15 is 0 Å². The Bertz CT molecular complexity index is 877. The van der Waals surface area contributed by atoms with Crippen LogP contribution in [0.5, 0.6) is 0 Å². The molecule has 0 spiro atoms. The Labute approximate surface area is 165 Å². The van der Waals surface area contributed by atoms with Gasteiger partial charge in [-0.3, -0.25) is 0 Å². The van der Waals surface area contributed by atoms with Gasteiger partial charge in [0.25, 0.3) is 0 Å². The molecule has 1 aliphatic carbocycles. The molecule has 0 bridgehead atoms. The Morgan fingerprint density at radius 3 is 1.79 bits per heavy atom. The van der Waals surface area contributed by atoms with E-state index < -0.39 is 5.60 Å². The van der Waals surface area contributed by atoms with Gasteiger partial charge in [0, 0.05) is 19.4 Å². The summed E-state index contributed by atoms with van der Waals surface area (Å²) in [5.41, 5.74) is 3.39. The maximum Gasteiger partial charge on any atom is 0.315 e. The number of hydrogen-bond donors (Lipinski definition) is 3.